The average molecular weight is 435 g/mol. The first-order chi connectivity index (χ1) is 15.3. The number of rotatable bonds is 7. The fourth-order valence-corrected chi connectivity index (χ4v) is 4.06. The smallest absolute Gasteiger partial charge is 0.273 e. The van der Waals surface area contributed by atoms with Gasteiger partial charge in [-0.3, -0.25) is 14.3 Å². The molecule has 1 aliphatic rings. The molecule has 4 rings (SSSR count). The fraction of sp³-hybridized carbons (Fsp3) is 0.400. The molecular weight excluding hydrogens is 404 g/mol. The van der Waals surface area contributed by atoms with Crippen molar-refractivity contribution in [2.45, 2.75) is 52.7 Å². The van der Waals surface area contributed by atoms with Gasteiger partial charge in [-0.05, 0) is 49.4 Å². The normalized spacial score (nSPS) is 18.2. The zero-order valence-corrected chi connectivity index (χ0v) is 19.1. The monoisotopic (exact) mass is 434 g/mol. The Morgan fingerprint density at radius 2 is 2.03 bits per heavy atom. The van der Waals surface area contributed by atoms with E-state index in [2.05, 4.69) is 24.3 Å². The molecule has 0 saturated heterocycles. The van der Waals surface area contributed by atoms with E-state index >= 15 is 0 Å². The van der Waals surface area contributed by atoms with Gasteiger partial charge in [0, 0.05) is 19.2 Å². The number of aromatic nitrogens is 2. The van der Waals surface area contributed by atoms with Gasteiger partial charge in [0.05, 0.1) is 12.8 Å². The fourth-order valence-electron chi connectivity index (χ4n) is 4.06. The lowest BCUT2D eigenvalue weighted by Crippen LogP contribution is -2.63. The summed E-state index contributed by atoms with van der Waals surface area (Å²) in [4.78, 5) is 28.8. The SMILES string of the molecule is Cc1ccccc1CN1C(=O)c2cc(-c3ccco3)nn2CC1(C)C(=O)NCCC(C)C. The minimum absolute atomic E-state index is 0.166. The summed E-state index contributed by atoms with van der Waals surface area (Å²) in [7, 11) is 0. The number of nitrogens with one attached hydrogen (secondary N) is 1. The van der Waals surface area contributed by atoms with Gasteiger partial charge in [-0.15, -0.1) is 0 Å². The Bertz CT molecular complexity index is 1120. The van der Waals surface area contributed by atoms with Gasteiger partial charge in [-0.25, -0.2) is 0 Å². The van der Waals surface area contributed by atoms with Crippen molar-refractivity contribution in [1.82, 2.24) is 20.0 Å². The van der Waals surface area contributed by atoms with E-state index in [1.54, 1.807) is 28.0 Å². The third-order valence-corrected chi connectivity index (χ3v) is 6.16. The highest BCUT2D eigenvalue weighted by Gasteiger charge is 2.48. The Kier molecular flexibility index (Phi) is 5.91. The number of benzene rings is 1. The lowest BCUT2D eigenvalue weighted by Gasteiger charge is -2.43. The van der Waals surface area contributed by atoms with Crippen molar-refractivity contribution in [1.29, 1.82) is 0 Å². The van der Waals surface area contributed by atoms with Crippen molar-refractivity contribution in [3.8, 4) is 11.5 Å². The highest BCUT2D eigenvalue weighted by Crippen LogP contribution is 2.32. The zero-order valence-electron chi connectivity index (χ0n) is 19.1. The van der Waals surface area contributed by atoms with Crippen molar-refractivity contribution >= 4 is 11.8 Å². The summed E-state index contributed by atoms with van der Waals surface area (Å²) in [6, 6.07) is 13.3. The van der Waals surface area contributed by atoms with Gasteiger partial charge >= 0.3 is 0 Å². The summed E-state index contributed by atoms with van der Waals surface area (Å²) in [5, 5.41) is 7.63. The van der Waals surface area contributed by atoms with E-state index < -0.39 is 5.54 Å². The molecule has 3 heterocycles. The molecule has 1 atom stereocenters. The molecule has 1 N–H and O–H groups in total. The minimum Gasteiger partial charge on any atom is -0.463 e. The van der Waals surface area contributed by atoms with E-state index in [1.807, 2.05) is 44.2 Å². The number of hydrogen-bond donors (Lipinski definition) is 1. The lowest BCUT2D eigenvalue weighted by atomic mass is 9.93. The van der Waals surface area contributed by atoms with Crippen LogP contribution in [0.1, 0.15) is 48.8 Å². The van der Waals surface area contributed by atoms with Gasteiger partial charge in [0.1, 0.15) is 16.9 Å². The van der Waals surface area contributed by atoms with Crippen LogP contribution in [0.15, 0.2) is 53.1 Å². The number of carbonyl (C=O) groups excluding carboxylic acids is 2. The Morgan fingerprint density at radius 1 is 1.25 bits per heavy atom. The number of furan rings is 1. The first-order valence-corrected chi connectivity index (χ1v) is 11.1. The molecule has 2 amide bonds. The van der Waals surface area contributed by atoms with Crippen LogP contribution in [0.25, 0.3) is 11.5 Å². The van der Waals surface area contributed by atoms with Gasteiger partial charge in [0.2, 0.25) is 5.91 Å². The van der Waals surface area contributed by atoms with Gasteiger partial charge in [-0.2, -0.15) is 5.10 Å². The molecule has 0 radical (unpaired) electrons. The Hall–Kier alpha value is -3.35. The number of hydrogen-bond acceptors (Lipinski definition) is 4. The number of carbonyl (C=O) groups is 2. The van der Waals surface area contributed by atoms with Crippen molar-refractivity contribution < 1.29 is 14.0 Å². The van der Waals surface area contributed by atoms with Gasteiger partial charge in [-0.1, -0.05) is 38.1 Å². The predicted octanol–water partition coefficient (Wildman–Crippen LogP) is 4.03. The second-order valence-electron chi connectivity index (χ2n) is 9.08. The minimum atomic E-state index is -1.07. The van der Waals surface area contributed by atoms with Crippen molar-refractivity contribution in [2.24, 2.45) is 5.92 Å². The summed E-state index contributed by atoms with van der Waals surface area (Å²) in [6.07, 6.45) is 2.45. The summed E-state index contributed by atoms with van der Waals surface area (Å²) in [5.74, 6) is 0.688. The second kappa shape index (κ2) is 8.65. The molecule has 3 aromatic rings. The maximum Gasteiger partial charge on any atom is 0.273 e. The molecule has 32 heavy (non-hydrogen) atoms. The van der Waals surface area contributed by atoms with Crippen LogP contribution in [0.3, 0.4) is 0 Å². The molecule has 0 aliphatic carbocycles. The quantitative estimate of drug-likeness (QED) is 0.609. The summed E-state index contributed by atoms with van der Waals surface area (Å²) >= 11 is 0. The highest BCUT2D eigenvalue weighted by atomic mass is 16.3. The Morgan fingerprint density at radius 3 is 2.72 bits per heavy atom. The van der Waals surface area contributed by atoms with Crippen LogP contribution < -0.4 is 5.32 Å². The standard InChI is InChI=1S/C25H30N4O3/c1-17(2)11-12-26-24(31)25(4)16-29-21(14-20(27-29)22-10-7-13-32-22)23(30)28(25)15-19-9-6-5-8-18(19)3/h5-10,13-14,17H,11-12,15-16H2,1-4H3,(H,26,31). The van der Waals surface area contributed by atoms with Crippen LogP contribution in [0.5, 0.6) is 0 Å². The largest absolute Gasteiger partial charge is 0.463 e. The number of amides is 2. The lowest BCUT2D eigenvalue weighted by molar-refractivity contribution is -0.133. The van der Waals surface area contributed by atoms with E-state index in [4.69, 9.17) is 4.42 Å². The number of fused-ring (bicyclic) bond motifs is 1. The van der Waals surface area contributed by atoms with Crippen LogP contribution in [0.2, 0.25) is 0 Å². The van der Waals surface area contributed by atoms with Crippen molar-refractivity contribution in [2.75, 3.05) is 6.54 Å². The topological polar surface area (TPSA) is 80.4 Å². The molecule has 1 aromatic carbocycles. The van der Waals surface area contributed by atoms with E-state index in [0.29, 0.717) is 36.2 Å². The van der Waals surface area contributed by atoms with Crippen molar-refractivity contribution in [3.05, 3.63) is 65.5 Å². The molecular formula is C25H30N4O3. The van der Waals surface area contributed by atoms with E-state index in [1.165, 1.54) is 0 Å². The van der Waals surface area contributed by atoms with Crippen molar-refractivity contribution in [3.63, 3.8) is 0 Å². The zero-order chi connectivity index (χ0) is 22.9. The number of aryl methyl sites for hydroxylation is 1. The third kappa shape index (κ3) is 4.07. The first kappa shape index (κ1) is 21.9. The van der Waals surface area contributed by atoms with E-state index in [-0.39, 0.29) is 18.4 Å². The van der Waals surface area contributed by atoms with Gasteiger partial charge in [0.15, 0.2) is 5.76 Å². The van der Waals surface area contributed by atoms with E-state index in [9.17, 15) is 9.59 Å². The molecule has 7 heteroatoms. The molecule has 0 spiro atoms. The average Bonchev–Trinajstić information content (AvgIpc) is 3.42. The first-order valence-electron chi connectivity index (χ1n) is 11.1. The summed E-state index contributed by atoms with van der Waals surface area (Å²) in [5.41, 5.74) is 2.06. The van der Waals surface area contributed by atoms with Crippen LogP contribution >= 0.6 is 0 Å². The molecule has 0 fully saturated rings. The molecule has 0 saturated carbocycles. The molecule has 7 nitrogen and oxygen atoms in total. The van der Waals surface area contributed by atoms with Crippen LogP contribution in [-0.4, -0.2) is 38.6 Å². The molecule has 1 aliphatic heterocycles. The summed E-state index contributed by atoms with van der Waals surface area (Å²) in [6.45, 7) is 9.27. The Labute approximate surface area is 188 Å². The second-order valence-corrected chi connectivity index (χ2v) is 9.08. The van der Waals surface area contributed by atoms with Crippen LogP contribution in [0.4, 0.5) is 0 Å². The number of nitrogens with zero attached hydrogens (tertiary/aromatic N) is 3. The third-order valence-electron chi connectivity index (χ3n) is 6.16. The summed E-state index contributed by atoms with van der Waals surface area (Å²) < 4.78 is 7.10. The van der Waals surface area contributed by atoms with Crippen LogP contribution in [-0.2, 0) is 17.9 Å². The molecule has 168 valence electrons. The van der Waals surface area contributed by atoms with Crippen LogP contribution in [0, 0.1) is 12.8 Å². The van der Waals surface area contributed by atoms with E-state index in [0.717, 1.165) is 17.5 Å². The molecule has 1 unspecified atom stereocenters. The maximum absolute atomic E-state index is 13.7. The Balaban J connectivity index is 1.71. The molecule has 0 bridgehead atoms. The van der Waals surface area contributed by atoms with Gasteiger partial charge in [0.25, 0.3) is 5.91 Å². The van der Waals surface area contributed by atoms with Gasteiger partial charge < -0.3 is 14.6 Å². The molecule has 2 aromatic heterocycles. The highest BCUT2D eigenvalue weighted by molar-refractivity contribution is 6.00. The predicted molar refractivity (Wildman–Crippen MR) is 122 cm³/mol. The maximum atomic E-state index is 13.7.